The molecule has 1 N–H and O–H groups in total. The number of hydrogen-bond acceptors (Lipinski definition) is 6. The average Bonchev–Trinajstić information content (AvgIpc) is 3.54. The maximum atomic E-state index is 14.3. The maximum absolute atomic E-state index is 14.3. The molecule has 2 heterocycles. The van der Waals surface area contributed by atoms with Crippen LogP contribution in [0.1, 0.15) is 89.1 Å². The first-order chi connectivity index (χ1) is 20.6. The summed E-state index contributed by atoms with van der Waals surface area (Å²) in [6.07, 6.45) is 9.57. The molecule has 0 unspecified atom stereocenters. The molecule has 0 aromatic heterocycles. The topological polar surface area (TPSA) is 63.3 Å². The number of benzene rings is 2. The molecule has 0 bridgehead atoms. The first-order valence-electron chi connectivity index (χ1n) is 16.2. The van der Waals surface area contributed by atoms with Crippen LogP contribution in [0.4, 0.5) is 0 Å². The number of ether oxygens (including phenoxy) is 3. The Hall–Kier alpha value is -3.03. The predicted octanol–water partition coefficient (Wildman–Crippen LogP) is 6.77. The van der Waals surface area contributed by atoms with E-state index in [-0.39, 0.29) is 5.91 Å². The zero-order valence-electron chi connectivity index (χ0n) is 27.0. The lowest BCUT2D eigenvalue weighted by atomic mass is 9.85. The normalized spacial score (nSPS) is 23.5. The van der Waals surface area contributed by atoms with Crippen molar-refractivity contribution in [3.05, 3.63) is 59.2 Å². The van der Waals surface area contributed by atoms with Gasteiger partial charge in [0.2, 0.25) is 11.5 Å². The Morgan fingerprint density at radius 1 is 1.12 bits per heavy atom. The van der Waals surface area contributed by atoms with Gasteiger partial charge < -0.3 is 24.4 Å². The van der Waals surface area contributed by atoms with Gasteiger partial charge in [0.15, 0.2) is 11.5 Å². The molecule has 0 radical (unpaired) electrons. The summed E-state index contributed by atoms with van der Waals surface area (Å²) in [5, 5.41) is 3.73. The van der Waals surface area contributed by atoms with Crippen LogP contribution in [-0.2, 0) is 0 Å². The number of methoxy groups -OCH3 is 1. The molecule has 5 rings (SSSR count). The molecule has 0 spiro atoms. The number of nitrogens with zero attached hydrogens (tertiary/aromatic N) is 2. The molecule has 2 aliphatic heterocycles. The number of carbonyl (C=O) groups excluding carboxylic acids is 1. The molecule has 1 saturated carbocycles. The summed E-state index contributed by atoms with van der Waals surface area (Å²) in [5.74, 6) is 1.54. The lowest BCUT2D eigenvalue weighted by Crippen LogP contribution is -2.46. The predicted molar refractivity (Wildman–Crippen MR) is 173 cm³/mol. The zero-order chi connectivity index (χ0) is 30.6. The third-order valence-corrected chi connectivity index (χ3v) is 8.97. The SMILES string of the molecule is COc1cc(C(=O)N(C/C(C)=C/c2ccccc2)C[C@@H]2CCCN2CC2CCC(NC(C)C)CC2)cc2c1OC(C)(C)O2. The van der Waals surface area contributed by atoms with Gasteiger partial charge in [-0.1, -0.05) is 55.8 Å². The molecule has 1 atom stereocenters. The molecular formula is C36H51N3O4. The third kappa shape index (κ3) is 8.12. The molecule has 1 amide bonds. The first kappa shape index (κ1) is 31.4. The summed E-state index contributed by atoms with van der Waals surface area (Å²) < 4.78 is 17.6. The molecule has 2 aromatic rings. The van der Waals surface area contributed by atoms with Crippen molar-refractivity contribution in [3.63, 3.8) is 0 Å². The Bertz CT molecular complexity index is 1270. The highest BCUT2D eigenvalue weighted by Gasteiger charge is 2.37. The Kier molecular flexibility index (Phi) is 10.0. The van der Waals surface area contributed by atoms with E-state index in [2.05, 4.69) is 49.2 Å². The van der Waals surface area contributed by atoms with E-state index < -0.39 is 5.79 Å². The number of hydrogen-bond donors (Lipinski definition) is 1. The largest absolute Gasteiger partial charge is 0.493 e. The van der Waals surface area contributed by atoms with E-state index in [9.17, 15) is 4.79 Å². The molecule has 7 heteroatoms. The quantitative estimate of drug-likeness (QED) is 0.312. The van der Waals surface area contributed by atoms with Gasteiger partial charge >= 0.3 is 0 Å². The first-order valence-corrected chi connectivity index (χ1v) is 16.2. The van der Waals surface area contributed by atoms with Crippen molar-refractivity contribution < 1.29 is 19.0 Å². The minimum atomic E-state index is -0.805. The summed E-state index contributed by atoms with van der Waals surface area (Å²) in [6.45, 7) is 13.8. The van der Waals surface area contributed by atoms with Crippen molar-refractivity contribution in [2.45, 2.75) is 97.1 Å². The summed E-state index contributed by atoms with van der Waals surface area (Å²) in [7, 11) is 1.60. The van der Waals surface area contributed by atoms with Crippen LogP contribution < -0.4 is 19.5 Å². The monoisotopic (exact) mass is 589 g/mol. The summed E-state index contributed by atoms with van der Waals surface area (Å²) >= 11 is 0. The van der Waals surface area contributed by atoms with E-state index in [1.54, 1.807) is 13.2 Å². The number of carbonyl (C=O) groups is 1. The lowest BCUT2D eigenvalue weighted by molar-refractivity contribution is -0.0439. The molecule has 2 aromatic carbocycles. The standard InChI is InChI=1S/C36H51N3O4/c1-25(2)37-30-16-14-28(15-17-30)23-38-18-10-13-31(38)24-39(22-26(3)19-27-11-8-7-9-12-27)35(40)29-20-32(41-6)34-33(21-29)42-36(4,5)43-34/h7-9,11-12,19-21,25,28,30-31,37H,10,13-18,22-24H2,1-6H3/b26-19+/t28?,30?,31-/m0/s1. The summed E-state index contributed by atoms with van der Waals surface area (Å²) in [5.41, 5.74) is 2.85. The van der Waals surface area contributed by atoms with E-state index in [1.165, 1.54) is 32.1 Å². The van der Waals surface area contributed by atoms with Gasteiger partial charge in [0.1, 0.15) is 0 Å². The maximum Gasteiger partial charge on any atom is 0.254 e. The fourth-order valence-electron chi connectivity index (χ4n) is 7.05. The van der Waals surface area contributed by atoms with E-state index >= 15 is 0 Å². The van der Waals surface area contributed by atoms with Crippen molar-refractivity contribution in [2.24, 2.45) is 5.92 Å². The van der Waals surface area contributed by atoms with Crippen LogP contribution in [0.25, 0.3) is 6.08 Å². The van der Waals surface area contributed by atoms with Crippen molar-refractivity contribution in [1.29, 1.82) is 0 Å². The minimum absolute atomic E-state index is 0.0117. The van der Waals surface area contributed by atoms with Crippen LogP contribution in [0.5, 0.6) is 17.2 Å². The Balaban J connectivity index is 1.33. The second-order valence-electron chi connectivity index (χ2n) is 13.5. The molecule has 1 saturated heterocycles. The lowest BCUT2D eigenvalue weighted by Gasteiger charge is -2.36. The number of nitrogens with one attached hydrogen (secondary N) is 1. The molecule has 7 nitrogen and oxygen atoms in total. The molecule has 2 fully saturated rings. The number of fused-ring (bicyclic) bond motifs is 1. The van der Waals surface area contributed by atoms with Crippen LogP contribution in [0.3, 0.4) is 0 Å². The summed E-state index contributed by atoms with van der Waals surface area (Å²) in [4.78, 5) is 19.0. The van der Waals surface area contributed by atoms with Gasteiger partial charge in [-0.15, -0.1) is 0 Å². The fourth-order valence-corrected chi connectivity index (χ4v) is 7.05. The van der Waals surface area contributed by atoms with Crippen LogP contribution in [0.2, 0.25) is 0 Å². The van der Waals surface area contributed by atoms with Crippen molar-refractivity contribution >= 4 is 12.0 Å². The van der Waals surface area contributed by atoms with E-state index in [0.29, 0.717) is 54.0 Å². The smallest absolute Gasteiger partial charge is 0.254 e. The van der Waals surface area contributed by atoms with E-state index in [4.69, 9.17) is 14.2 Å². The zero-order valence-corrected chi connectivity index (χ0v) is 27.0. The second kappa shape index (κ2) is 13.7. The van der Waals surface area contributed by atoms with Gasteiger partial charge in [0.25, 0.3) is 5.91 Å². The number of likely N-dealkylation sites (tertiary alicyclic amines) is 1. The van der Waals surface area contributed by atoms with Gasteiger partial charge in [-0.2, -0.15) is 0 Å². The van der Waals surface area contributed by atoms with Crippen LogP contribution in [0.15, 0.2) is 48.0 Å². The molecule has 3 aliphatic rings. The van der Waals surface area contributed by atoms with Crippen LogP contribution in [-0.4, -0.2) is 72.9 Å². The second-order valence-corrected chi connectivity index (χ2v) is 13.5. The Morgan fingerprint density at radius 2 is 1.86 bits per heavy atom. The van der Waals surface area contributed by atoms with Gasteiger partial charge in [0.05, 0.1) is 7.11 Å². The van der Waals surface area contributed by atoms with Gasteiger partial charge in [-0.25, -0.2) is 0 Å². The highest BCUT2D eigenvalue weighted by Crippen LogP contribution is 2.47. The van der Waals surface area contributed by atoms with Crippen LogP contribution >= 0.6 is 0 Å². The molecule has 43 heavy (non-hydrogen) atoms. The third-order valence-electron chi connectivity index (χ3n) is 8.97. The average molecular weight is 590 g/mol. The van der Waals surface area contributed by atoms with Gasteiger partial charge in [-0.3, -0.25) is 9.69 Å². The minimum Gasteiger partial charge on any atom is -0.493 e. The molecule has 234 valence electrons. The van der Waals surface area contributed by atoms with Crippen LogP contribution in [0, 0.1) is 5.92 Å². The van der Waals surface area contributed by atoms with Gasteiger partial charge in [-0.05, 0) is 75.6 Å². The number of amides is 1. The Labute approximate surface area is 258 Å². The van der Waals surface area contributed by atoms with Crippen molar-refractivity contribution in [2.75, 3.05) is 33.3 Å². The Morgan fingerprint density at radius 3 is 2.56 bits per heavy atom. The highest BCUT2D eigenvalue weighted by molar-refractivity contribution is 5.96. The highest BCUT2D eigenvalue weighted by atomic mass is 16.7. The van der Waals surface area contributed by atoms with Crippen molar-refractivity contribution in [1.82, 2.24) is 15.1 Å². The van der Waals surface area contributed by atoms with Gasteiger partial charge in [0, 0.05) is 57.2 Å². The van der Waals surface area contributed by atoms with E-state index in [1.807, 2.05) is 43.0 Å². The molecular weight excluding hydrogens is 538 g/mol. The van der Waals surface area contributed by atoms with E-state index in [0.717, 1.165) is 36.6 Å². The fraction of sp³-hybridized carbons (Fsp3) is 0.583. The molecule has 1 aliphatic carbocycles. The van der Waals surface area contributed by atoms with Crippen molar-refractivity contribution in [3.8, 4) is 17.2 Å². The summed E-state index contributed by atoms with van der Waals surface area (Å²) in [6, 6.07) is 15.5. The number of rotatable bonds is 11.